The minimum atomic E-state index is 0.271. The Labute approximate surface area is 145 Å². The van der Waals surface area contributed by atoms with Crippen LogP contribution in [0.3, 0.4) is 0 Å². The molecular weight excluding hydrogens is 292 g/mol. The first kappa shape index (κ1) is 17.0. The Kier molecular flexibility index (Phi) is 3.78. The second-order valence-corrected chi connectivity index (χ2v) is 8.65. The van der Waals surface area contributed by atoms with Crippen LogP contribution in [0, 0.1) is 47.0 Å². The van der Waals surface area contributed by atoms with Crippen LogP contribution in [0.1, 0.15) is 59.8 Å². The van der Waals surface area contributed by atoms with Crippen LogP contribution in [0.2, 0.25) is 0 Å². The topological polar surface area (TPSA) is 17.3 Å². The van der Waals surface area contributed by atoms with Gasteiger partial charge in [-0.25, -0.2) is 4.98 Å². The van der Waals surface area contributed by atoms with E-state index in [1.165, 1.54) is 44.6 Å². The zero-order chi connectivity index (χ0) is 18.0. The van der Waals surface area contributed by atoms with Gasteiger partial charge in [0.25, 0.3) is 0 Å². The van der Waals surface area contributed by atoms with Crippen molar-refractivity contribution in [3.8, 4) is 0 Å². The number of rotatable bonds is 1. The van der Waals surface area contributed by atoms with E-state index < -0.39 is 0 Å². The van der Waals surface area contributed by atoms with Gasteiger partial charge in [-0.1, -0.05) is 26.8 Å². The molecule has 0 saturated carbocycles. The lowest BCUT2D eigenvalue weighted by atomic mass is 9.85. The number of aromatic nitrogens is 2. The maximum Gasteiger partial charge on any atom is 0.141 e. The number of imidazole rings is 1. The van der Waals surface area contributed by atoms with Crippen LogP contribution in [0.4, 0.5) is 0 Å². The van der Waals surface area contributed by atoms with Gasteiger partial charge in [-0.05, 0) is 86.8 Å². The van der Waals surface area contributed by atoms with Crippen LogP contribution in [-0.4, -0.2) is 9.38 Å². The van der Waals surface area contributed by atoms with E-state index in [2.05, 4.69) is 72.8 Å². The number of aryl methyl sites for hydroxylation is 5. The smallest absolute Gasteiger partial charge is 0.141 e. The normalized spacial score (nSPS) is 12.5. The van der Waals surface area contributed by atoms with Gasteiger partial charge in [0, 0.05) is 5.69 Å². The molecular formula is C22H30N2. The van der Waals surface area contributed by atoms with E-state index in [9.17, 15) is 0 Å². The molecule has 2 heterocycles. The van der Waals surface area contributed by atoms with Crippen molar-refractivity contribution in [2.75, 3.05) is 0 Å². The summed E-state index contributed by atoms with van der Waals surface area (Å²) in [6, 6.07) is 2.30. The van der Waals surface area contributed by atoms with Gasteiger partial charge in [0.1, 0.15) is 5.65 Å². The molecule has 0 spiro atoms. The van der Waals surface area contributed by atoms with Gasteiger partial charge >= 0.3 is 0 Å². The van der Waals surface area contributed by atoms with Crippen molar-refractivity contribution < 1.29 is 0 Å². The van der Waals surface area contributed by atoms with Crippen molar-refractivity contribution in [3.05, 3.63) is 45.1 Å². The van der Waals surface area contributed by atoms with E-state index >= 15 is 0 Å². The highest BCUT2D eigenvalue weighted by molar-refractivity contribution is 5.88. The molecule has 0 bridgehead atoms. The summed E-state index contributed by atoms with van der Waals surface area (Å²) in [5, 5.41) is 0. The van der Waals surface area contributed by atoms with Crippen molar-refractivity contribution in [2.45, 2.75) is 68.7 Å². The van der Waals surface area contributed by atoms with Gasteiger partial charge in [0.2, 0.25) is 0 Å². The maximum atomic E-state index is 5.06. The molecule has 0 aliphatic heterocycles. The SMILES string of the molecule is Cc1cc(C)c2c(nc3c(C)c(C)c(CC(C)(C)C)c(C)n32)c1C. The van der Waals surface area contributed by atoms with Gasteiger partial charge in [-0.3, -0.25) is 4.40 Å². The van der Waals surface area contributed by atoms with Gasteiger partial charge in [-0.2, -0.15) is 0 Å². The first-order valence-corrected chi connectivity index (χ1v) is 8.90. The second kappa shape index (κ2) is 5.34. The highest BCUT2D eigenvalue weighted by Crippen LogP contribution is 2.33. The third kappa shape index (κ3) is 2.44. The monoisotopic (exact) mass is 322 g/mol. The summed E-state index contributed by atoms with van der Waals surface area (Å²) in [5.41, 5.74) is 13.3. The summed E-state index contributed by atoms with van der Waals surface area (Å²) in [6.45, 7) is 20.3. The number of hydrogen-bond acceptors (Lipinski definition) is 1. The van der Waals surface area contributed by atoms with Crippen LogP contribution in [0.5, 0.6) is 0 Å². The molecule has 0 radical (unpaired) electrons. The van der Waals surface area contributed by atoms with Crippen LogP contribution in [0.15, 0.2) is 6.07 Å². The third-order valence-electron chi connectivity index (χ3n) is 5.46. The first-order valence-electron chi connectivity index (χ1n) is 8.90. The fraction of sp³-hybridized carbons (Fsp3) is 0.500. The molecule has 2 heteroatoms. The lowest BCUT2D eigenvalue weighted by Crippen LogP contribution is -2.14. The van der Waals surface area contributed by atoms with Crippen molar-refractivity contribution in [1.29, 1.82) is 0 Å². The Bertz CT molecular complexity index is 966. The summed E-state index contributed by atoms with van der Waals surface area (Å²) in [4.78, 5) is 5.06. The molecule has 0 unspecified atom stereocenters. The van der Waals surface area contributed by atoms with Gasteiger partial charge in [0.15, 0.2) is 0 Å². The molecule has 1 aromatic carbocycles. The van der Waals surface area contributed by atoms with Crippen molar-refractivity contribution in [2.24, 2.45) is 5.41 Å². The predicted octanol–water partition coefficient (Wildman–Crippen LogP) is 5.93. The summed E-state index contributed by atoms with van der Waals surface area (Å²) in [5.74, 6) is 0. The maximum absolute atomic E-state index is 5.06. The molecule has 24 heavy (non-hydrogen) atoms. The molecule has 0 N–H and O–H groups in total. The van der Waals surface area contributed by atoms with E-state index in [-0.39, 0.29) is 5.41 Å². The number of fused-ring (bicyclic) bond motifs is 3. The molecule has 3 rings (SSSR count). The predicted molar refractivity (Wildman–Crippen MR) is 104 cm³/mol. The Hall–Kier alpha value is -1.83. The molecule has 0 atom stereocenters. The number of hydrogen-bond donors (Lipinski definition) is 0. The van der Waals surface area contributed by atoms with Crippen LogP contribution < -0.4 is 0 Å². The third-order valence-corrected chi connectivity index (χ3v) is 5.46. The molecule has 0 aliphatic carbocycles. The Balaban J connectivity index is 2.52. The molecule has 0 saturated heterocycles. The molecule has 0 aliphatic rings. The van der Waals surface area contributed by atoms with Crippen LogP contribution in [0.25, 0.3) is 16.7 Å². The van der Waals surface area contributed by atoms with E-state index in [1.807, 2.05) is 0 Å². The number of benzene rings is 1. The average molecular weight is 322 g/mol. The molecule has 0 amide bonds. The highest BCUT2D eigenvalue weighted by Gasteiger charge is 2.22. The molecule has 128 valence electrons. The quantitative estimate of drug-likeness (QED) is 0.543. The van der Waals surface area contributed by atoms with E-state index in [4.69, 9.17) is 4.98 Å². The fourth-order valence-corrected chi connectivity index (χ4v) is 3.90. The second-order valence-electron chi connectivity index (χ2n) is 8.65. The number of pyridine rings is 1. The Morgan fingerprint density at radius 1 is 0.875 bits per heavy atom. The lowest BCUT2D eigenvalue weighted by molar-refractivity contribution is 0.408. The Morgan fingerprint density at radius 2 is 1.50 bits per heavy atom. The van der Waals surface area contributed by atoms with Crippen molar-refractivity contribution in [1.82, 2.24) is 9.38 Å². The van der Waals surface area contributed by atoms with Crippen LogP contribution >= 0.6 is 0 Å². The summed E-state index contributed by atoms with van der Waals surface area (Å²) < 4.78 is 2.40. The zero-order valence-electron chi connectivity index (χ0n) is 16.7. The fourth-order valence-electron chi connectivity index (χ4n) is 3.90. The first-order chi connectivity index (χ1) is 11.0. The van der Waals surface area contributed by atoms with Crippen LogP contribution in [-0.2, 0) is 6.42 Å². The average Bonchev–Trinajstić information content (AvgIpc) is 2.87. The molecule has 3 aromatic rings. The van der Waals surface area contributed by atoms with E-state index in [0.29, 0.717) is 0 Å². The highest BCUT2D eigenvalue weighted by atomic mass is 15.0. The van der Waals surface area contributed by atoms with Crippen molar-refractivity contribution >= 4 is 16.7 Å². The summed E-state index contributed by atoms with van der Waals surface area (Å²) in [7, 11) is 0. The minimum Gasteiger partial charge on any atom is -0.296 e. The standard InChI is InChI=1S/C22H30N2/c1-12-10-13(2)20-19(14(12)3)23-21-16(5)15(4)18(11-22(7,8)9)17(6)24(20)21/h10H,11H2,1-9H3. The van der Waals surface area contributed by atoms with E-state index in [1.54, 1.807) is 0 Å². The molecule has 2 aromatic heterocycles. The molecule has 2 nitrogen and oxygen atoms in total. The Morgan fingerprint density at radius 3 is 2.08 bits per heavy atom. The van der Waals surface area contributed by atoms with Gasteiger partial charge in [0.05, 0.1) is 11.0 Å². The zero-order valence-corrected chi connectivity index (χ0v) is 16.7. The van der Waals surface area contributed by atoms with Gasteiger partial charge < -0.3 is 0 Å². The minimum absolute atomic E-state index is 0.271. The van der Waals surface area contributed by atoms with E-state index in [0.717, 1.165) is 17.6 Å². The molecule has 0 fully saturated rings. The van der Waals surface area contributed by atoms with Gasteiger partial charge in [-0.15, -0.1) is 0 Å². The summed E-state index contributed by atoms with van der Waals surface area (Å²) >= 11 is 0. The lowest BCUT2D eigenvalue weighted by Gasteiger charge is -2.23. The summed E-state index contributed by atoms with van der Waals surface area (Å²) in [6.07, 6.45) is 1.09. The number of nitrogens with zero attached hydrogens (tertiary/aromatic N) is 2. The van der Waals surface area contributed by atoms with Crippen molar-refractivity contribution in [3.63, 3.8) is 0 Å². The largest absolute Gasteiger partial charge is 0.296 e.